The summed E-state index contributed by atoms with van der Waals surface area (Å²) in [5.74, 6) is -0.650. The Morgan fingerprint density at radius 3 is 0.974 bits per heavy atom. The third-order valence-electron chi connectivity index (χ3n) is 16.0. The Labute approximate surface area is 445 Å². The summed E-state index contributed by atoms with van der Waals surface area (Å²) >= 11 is 0. The van der Waals surface area contributed by atoms with Gasteiger partial charge in [-0.3, -0.25) is 0 Å². The van der Waals surface area contributed by atoms with E-state index in [-0.39, 0.29) is 11.6 Å². The zero-order valence-corrected chi connectivity index (χ0v) is 44.3. The predicted octanol–water partition coefficient (Wildman–Crippen LogP) is 20.9. The molecule has 370 valence electrons. The van der Waals surface area contributed by atoms with E-state index in [0.717, 1.165) is 144 Å². The van der Waals surface area contributed by atoms with Crippen LogP contribution in [-0.2, 0) is 0 Å². The number of benzene rings is 12. The Morgan fingerprint density at radius 1 is 0.276 bits per heavy atom. The van der Waals surface area contributed by atoms with E-state index in [0.29, 0.717) is 11.4 Å². The largest absolute Gasteiger partial charge is 0.307 e. The molecule has 0 amide bonds. The maximum Gasteiger partial charge on any atom is 0.148 e. The zero-order valence-electron chi connectivity index (χ0n) is 44.3. The van der Waals surface area contributed by atoms with Gasteiger partial charge in [-0.2, -0.15) is 0 Å². The highest BCUT2D eigenvalue weighted by molar-refractivity contribution is 6.28. The third-order valence-corrected chi connectivity index (χ3v) is 16.0. The average Bonchev–Trinajstić information content (AvgIpc) is 3.57. The van der Waals surface area contributed by atoms with E-state index in [4.69, 9.17) is 0 Å². The quantitative estimate of drug-likeness (QED) is 0.126. The minimum absolute atomic E-state index is 0.325. The lowest BCUT2D eigenvalue weighted by Crippen LogP contribution is -2.15. The number of halogens is 2. The van der Waals surface area contributed by atoms with Crippen LogP contribution < -0.4 is 9.80 Å². The molecule has 0 radical (unpaired) electrons. The lowest BCUT2D eigenvalue weighted by atomic mass is 9.89. The molecule has 0 aliphatic carbocycles. The van der Waals surface area contributed by atoms with Crippen molar-refractivity contribution in [2.75, 3.05) is 9.80 Å². The summed E-state index contributed by atoms with van der Waals surface area (Å²) in [5, 5.41) is 6.14. The van der Waals surface area contributed by atoms with Gasteiger partial charge in [0.05, 0.1) is 22.7 Å². The first-order valence-electron chi connectivity index (χ1n) is 26.2. The average molecular weight is 989 g/mol. The number of hydrogen-bond donors (Lipinski definition) is 0. The number of hydrogen-bond acceptors (Lipinski definition) is 2. The Morgan fingerprint density at radius 2 is 0.618 bits per heavy atom. The van der Waals surface area contributed by atoms with Crippen LogP contribution in [0.4, 0.5) is 42.9 Å². The van der Waals surface area contributed by atoms with Crippen molar-refractivity contribution in [2.45, 2.75) is 55.4 Å². The molecule has 0 N–H and O–H groups in total. The summed E-state index contributed by atoms with van der Waals surface area (Å²) in [4.78, 5) is 4.28. The molecule has 0 spiro atoms. The van der Waals surface area contributed by atoms with E-state index in [2.05, 4.69) is 211 Å². The molecule has 0 saturated heterocycles. The minimum atomic E-state index is -0.325. The molecule has 12 rings (SSSR count). The van der Waals surface area contributed by atoms with E-state index < -0.39 is 0 Å². The van der Waals surface area contributed by atoms with E-state index >= 15 is 8.78 Å². The molecular formula is C72H58F2N2. The lowest BCUT2D eigenvalue weighted by molar-refractivity contribution is 0.629. The van der Waals surface area contributed by atoms with Crippen LogP contribution in [0.25, 0.3) is 76.8 Å². The van der Waals surface area contributed by atoms with Crippen molar-refractivity contribution in [3.05, 3.63) is 262 Å². The molecule has 0 saturated carbocycles. The lowest BCUT2D eigenvalue weighted by Gasteiger charge is -2.32. The van der Waals surface area contributed by atoms with Crippen molar-refractivity contribution in [1.82, 2.24) is 0 Å². The predicted molar refractivity (Wildman–Crippen MR) is 319 cm³/mol. The normalized spacial score (nSPS) is 11.6. The highest BCUT2D eigenvalue weighted by atomic mass is 19.1. The van der Waals surface area contributed by atoms with Gasteiger partial charge in [0.25, 0.3) is 0 Å². The second-order valence-electron chi connectivity index (χ2n) is 20.8. The highest BCUT2D eigenvalue weighted by Gasteiger charge is 2.29. The van der Waals surface area contributed by atoms with Gasteiger partial charge in [0.15, 0.2) is 0 Å². The van der Waals surface area contributed by atoms with Crippen molar-refractivity contribution < 1.29 is 8.78 Å². The standard InChI is InChI=1S/C72H58F2N2/c1-43-25-31-55(37-49(43)7)75(71-63(59-23-15-11-19-47(59)5)39-53(41-65(71)73)57-21-13-9-17-45(57)3)67-35-29-51-28-34-62-68(36-30-52-27-33-61(67)69(51)70(52)62)76(56-32-26-44(2)50(8)38-56)72-64(60-24-16-12-20-48(60)6)40-54(42-66(72)74)58-22-14-10-18-46(58)4/h9-42H,1-8H3. The van der Waals surface area contributed by atoms with Crippen LogP contribution in [0.1, 0.15) is 44.5 Å². The zero-order chi connectivity index (χ0) is 52.5. The fourth-order valence-electron chi connectivity index (χ4n) is 11.6. The number of anilines is 6. The molecule has 2 nitrogen and oxygen atoms in total. The van der Waals surface area contributed by atoms with Crippen molar-refractivity contribution >= 4 is 66.4 Å². The van der Waals surface area contributed by atoms with Gasteiger partial charge in [-0.25, -0.2) is 8.78 Å². The van der Waals surface area contributed by atoms with Crippen LogP contribution in [0, 0.1) is 67.0 Å². The van der Waals surface area contributed by atoms with Crippen LogP contribution in [-0.4, -0.2) is 0 Å². The topological polar surface area (TPSA) is 6.48 Å². The summed E-state index contributed by atoms with van der Waals surface area (Å²) in [5.41, 5.74) is 20.2. The van der Waals surface area contributed by atoms with Crippen LogP contribution in [0.2, 0.25) is 0 Å². The molecule has 0 unspecified atom stereocenters. The summed E-state index contributed by atoms with van der Waals surface area (Å²) in [6, 6.07) is 70.9. The first-order chi connectivity index (χ1) is 36.8. The number of aryl methyl sites for hydroxylation is 8. The molecule has 0 aromatic heterocycles. The van der Waals surface area contributed by atoms with Gasteiger partial charge < -0.3 is 9.80 Å². The Kier molecular flexibility index (Phi) is 12.1. The van der Waals surface area contributed by atoms with Crippen molar-refractivity contribution in [1.29, 1.82) is 0 Å². The van der Waals surface area contributed by atoms with E-state index in [1.165, 1.54) is 0 Å². The second-order valence-corrected chi connectivity index (χ2v) is 20.8. The summed E-state index contributed by atoms with van der Waals surface area (Å²) in [6.45, 7) is 16.8. The third kappa shape index (κ3) is 8.17. The Bertz CT molecular complexity index is 3990. The maximum absolute atomic E-state index is 18.1. The molecule has 0 bridgehead atoms. The molecule has 12 aromatic rings. The van der Waals surface area contributed by atoms with Crippen molar-refractivity contribution in [3.63, 3.8) is 0 Å². The Hall–Kier alpha value is -8.86. The summed E-state index contributed by atoms with van der Waals surface area (Å²) in [7, 11) is 0. The van der Waals surface area contributed by atoms with Gasteiger partial charge in [-0.05, 0) is 215 Å². The van der Waals surface area contributed by atoms with Gasteiger partial charge in [0.2, 0.25) is 0 Å². The van der Waals surface area contributed by atoms with Crippen molar-refractivity contribution in [3.8, 4) is 44.5 Å². The van der Waals surface area contributed by atoms with Gasteiger partial charge in [0.1, 0.15) is 11.6 Å². The molecule has 0 heterocycles. The molecular weight excluding hydrogens is 931 g/mol. The maximum atomic E-state index is 18.1. The van der Waals surface area contributed by atoms with Crippen LogP contribution in [0.15, 0.2) is 206 Å². The minimum Gasteiger partial charge on any atom is -0.307 e. The summed E-state index contributed by atoms with van der Waals surface area (Å²) in [6.07, 6.45) is 0. The Balaban J connectivity index is 1.15. The molecule has 0 aliphatic rings. The van der Waals surface area contributed by atoms with E-state index in [1.54, 1.807) is 12.1 Å². The van der Waals surface area contributed by atoms with Crippen LogP contribution >= 0.6 is 0 Å². The fraction of sp³-hybridized carbons (Fsp3) is 0.111. The van der Waals surface area contributed by atoms with Gasteiger partial charge in [0, 0.05) is 33.3 Å². The molecule has 0 atom stereocenters. The van der Waals surface area contributed by atoms with Crippen LogP contribution in [0.3, 0.4) is 0 Å². The molecule has 4 heteroatoms. The van der Waals surface area contributed by atoms with Gasteiger partial charge >= 0.3 is 0 Å². The smallest absolute Gasteiger partial charge is 0.148 e. The first kappa shape index (κ1) is 48.1. The van der Waals surface area contributed by atoms with Crippen LogP contribution in [0.5, 0.6) is 0 Å². The van der Waals surface area contributed by atoms with E-state index in [9.17, 15) is 0 Å². The second kappa shape index (κ2) is 19.1. The monoisotopic (exact) mass is 988 g/mol. The molecule has 76 heavy (non-hydrogen) atoms. The SMILES string of the molecule is Cc1ccc(N(c2c(F)cc(-c3ccccc3C)cc2-c2ccccc2C)c2ccc3ccc4c(N(c5ccc(C)c(C)c5)c5c(F)cc(-c6ccccc6C)cc5-c5ccccc5C)ccc5ccc2c3c54)cc1C. The first-order valence-corrected chi connectivity index (χ1v) is 26.2. The summed E-state index contributed by atoms with van der Waals surface area (Å²) < 4.78 is 36.3. The molecule has 0 fully saturated rings. The van der Waals surface area contributed by atoms with E-state index in [1.807, 2.05) is 48.5 Å². The fourth-order valence-corrected chi connectivity index (χ4v) is 11.6. The van der Waals surface area contributed by atoms with Crippen molar-refractivity contribution in [2.24, 2.45) is 0 Å². The number of rotatable bonds is 10. The van der Waals surface area contributed by atoms with Gasteiger partial charge in [-0.15, -0.1) is 0 Å². The van der Waals surface area contributed by atoms with Gasteiger partial charge in [-0.1, -0.05) is 146 Å². The molecule has 0 aliphatic heterocycles. The highest BCUT2D eigenvalue weighted by Crippen LogP contribution is 2.52. The number of nitrogens with zero attached hydrogens (tertiary/aromatic N) is 2. The molecule has 12 aromatic carbocycles.